The molecule has 0 saturated carbocycles. The molecule has 1 unspecified atom stereocenters. The van der Waals surface area contributed by atoms with Crippen molar-refractivity contribution in [1.82, 2.24) is 5.32 Å². The fourth-order valence-electron chi connectivity index (χ4n) is 2.22. The van der Waals surface area contributed by atoms with Crippen molar-refractivity contribution in [1.29, 1.82) is 0 Å². The van der Waals surface area contributed by atoms with Gasteiger partial charge in [-0.25, -0.2) is 4.39 Å². The van der Waals surface area contributed by atoms with E-state index >= 15 is 0 Å². The zero-order chi connectivity index (χ0) is 15.5. The lowest BCUT2D eigenvalue weighted by Gasteiger charge is -2.18. The second-order valence-electron chi connectivity index (χ2n) is 5.20. The molecular weight excluding hydrogens is 269 g/mol. The number of unbranched alkanes of at least 4 members (excludes halogenated alkanes) is 2. The normalized spacial score (nSPS) is 12.1. The Bertz CT molecular complexity index is 406. The minimum atomic E-state index is -0.239. The van der Waals surface area contributed by atoms with Crippen LogP contribution in [0, 0.1) is 5.82 Å². The number of esters is 1. The summed E-state index contributed by atoms with van der Waals surface area (Å²) in [5.74, 6) is -0.427. The van der Waals surface area contributed by atoms with E-state index in [-0.39, 0.29) is 17.8 Å². The summed E-state index contributed by atoms with van der Waals surface area (Å²) >= 11 is 0. The van der Waals surface area contributed by atoms with E-state index in [1.165, 1.54) is 25.0 Å². The predicted octanol–water partition coefficient (Wildman–Crippen LogP) is 3.47. The largest absolute Gasteiger partial charge is 0.466 e. The summed E-state index contributed by atoms with van der Waals surface area (Å²) in [7, 11) is 0. The minimum absolute atomic E-state index is 0.0337. The Balaban J connectivity index is 2.53. The lowest BCUT2D eigenvalue weighted by atomic mass is 10.0. The molecule has 1 atom stereocenters. The number of hydrogen-bond acceptors (Lipinski definition) is 3. The van der Waals surface area contributed by atoms with Crippen molar-refractivity contribution in [3.8, 4) is 0 Å². The van der Waals surface area contributed by atoms with Gasteiger partial charge in [0.1, 0.15) is 5.82 Å². The maximum absolute atomic E-state index is 12.9. The molecule has 0 amide bonds. The Hall–Kier alpha value is -1.42. The van der Waals surface area contributed by atoms with Crippen LogP contribution in [-0.4, -0.2) is 25.2 Å². The first-order valence-electron chi connectivity index (χ1n) is 7.79. The number of ether oxygens (including phenoxy) is 1. The number of nitrogens with one attached hydrogen (secondary N) is 1. The Morgan fingerprint density at radius 2 is 1.95 bits per heavy atom. The molecule has 0 aliphatic carbocycles. The molecule has 0 radical (unpaired) electrons. The van der Waals surface area contributed by atoms with Crippen molar-refractivity contribution in [2.45, 2.75) is 52.0 Å². The Morgan fingerprint density at radius 3 is 2.57 bits per heavy atom. The van der Waals surface area contributed by atoms with Crippen LogP contribution in [0.4, 0.5) is 4.39 Å². The van der Waals surface area contributed by atoms with Crippen molar-refractivity contribution >= 4 is 5.97 Å². The van der Waals surface area contributed by atoms with E-state index < -0.39 is 0 Å². The van der Waals surface area contributed by atoms with Crippen molar-refractivity contribution in [3.05, 3.63) is 35.6 Å². The highest BCUT2D eigenvalue weighted by Gasteiger charge is 2.15. The second-order valence-corrected chi connectivity index (χ2v) is 5.20. The van der Waals surface area contributed by atoms with Crippen LogP contribution in [0.2, 0.25) is 0 Å². The molecule has 0 spiro atoms. The van der Waals surface area contributed by atoms with Gasteiger partial charge in [0.2, 0.25) is 0 Å². The summed E-state index contributed by atoms with van der Waals surface area (Å²) in [5.41, 5.74) is 1.02. The van der Waals surface area contributed by atoms with Crippen LogP contribution in [0.3, 0.4) is 0 Å². The minimum Gasteiger partial charge on any atom is -0.466 e. The van der Waals surface area contributed by atoms with Crippen molar-refractivity contribution in [2.24, 2.45) is 0 Å². The van der Waals surface area contributed by atoms with Gasteiger partial charge in [-0.2, -0.15) is 0 Å². The molecule has 1 aromatic rings. The third kappa shape index (κ3) is 7.81. The summed E-state index contributed by atoms with van der Waals surface area (Å²) in [4.78, 5) is 11.7. The highest BCUT2D eigenvalue weighted by atomic mass is 19.1. The molecule has 0 saturated heterocycles. The Morgan fingerprint density at radius 1 is 1.24 bits per heavy atom. The topological polar surface area (TPSA) is 38.3 Å². The summed E-state index contributed by atoms with van der Waals surface area (Å²) in [6.45, 7) is 5.26. The quantitative estimate of drug-likeness (QED) is 0.530. The van der Waals surface area contributed by atoms with Gasteiger partial charge in [0, 0.05) is 6.04 Å². The number of halogens is 1. The number of rotatable bonds is 10. The van der Waals surface area contributed by atoms with Crippen molar-refractivity contribution in [2.75, 3.05) is 13.2 Å². The van der Waals surface area contributed by atoms with E-state index in [0.717, 1.165) is 18.5 Å². The van der Waals surface area contributed by atoms with E-state index in [9.17, 15) is 9.18 Å². The van der Waals surface area contributed by atoms with E-state index in [0.29, 0.717) is 19.4 Å². The van der Waals surface area contributed by atoms with Crippen molar-refractivity contribution in [3.63, 3.8) is 0 Å². The standard InChI is InChI=1S/C17H26FNO2/c1-3-5-6-11-19-16(13-17(20)21-4-2)12-14-7-9-15(18)10-8-14/h7-10,16,19H,3-6,11-13H2,1-2H3. The van der Waals surface area contributed by atoms with Gasteiger partial charge >= 0.3 is 5.97 Å². The number of hydrogen-bond donors (Lipinski definition) is 1. The van der Waals surface area contributed by atoms with Crippen LogP contribution in [0.15, 0.2) is 24.3 Å². The molecule has 118 valence electrons. The fourth-order valence-corrected chi connectivity index (χ4v) is 2.22. The second kappa shape index (κ2) is 10.3. The van der Waals surface area contributed by atoms with E-state index in [2.05, 4.69) is 12.2 Å². The summed E-state index contributed by atoms with van der Waals surface area (Å²) < 4.78 is 18.0. The zero-order valence-corrected chi connectivity index (χ0v) is 13.0. The summed E-state index contributed by atoms with van der Waals surface area (Å²) in [5, 5.41) is 3.41. The van der Waals surface area contributed by atoms with E-state index in [4.69, 9.17) is 4.74 Å². The monoisotopic (exact) mass is 295 g/mol. The SMILES string of the molecule is CCCCCNC(CC(=O)OCC)Cc1ccc(F)cc1. The molecule has 0 fully saturated rings. The maximum Gasteiger partial charge on any atom is 0.307 e. The van der Waals surface area contributed by atoms with Crippen LogP contribution in [0.1, 0.15) is 45.1 Å². The van der Waals surface area contributed by atoms with Crippen LogP contribution >= 0.6 is 0 Å². The van der Waals surface area contributed by atoms with Gasteiger partial charge in [-0.05, 0) is 44.0 Å². The molecule has 1 N–H and O–H groups in total. The molecule has 0 aliphatic rings. The first-order valence-corrected chi connectivity index (χ1v) is 7.79. The van der Waals surface area contributed by atoms with Crippen molar-refractivity contribution < 1.29 is 13.9 Å². The maximum atomic E-state index is 12.9. The Kier molecular flexibility index (Phi) is 8.67. The van der Waals surface area contributed by atoms with Gasteiger partial charge in [-0.3, -0.25) is 4.79 Å². The first-order chi connectivity index (χ1) is 10.2. The molecule has 0 aliphatic heterocycles. The molecule has 0 heterocycles. The number of carbonyl (C=O) groups excluding carboxylic acids is 1. The van der Waals surface area contributed by atoms with Gasteiger partial charge < -0.3 is 10.1 Å². The highest BCUT2D eigenvalue weighted by Crippen LogP contribution is 2.09. The number of carbonyl (C=O) groups is 1. The number of benzene rings is 1. The average molecular weight is 295 g/mol. The molecule has 0 aromatic heterocycles. The van der Waals surface area contributed by atoms with E-state index in [1.807, 2.05) is 6.92 Å². The van der Waals surface area contributed by atoms with Gasteiger partial charge in [0.05, 0.1) is 13.0 Å². The molecule has 21 heavy (non-hydrogen) atoms. The first kappa shape index (κ1) is 17.6. The molecule has 4 heteroatoms. The Labute approximate surface area is 126 Å². The third-order valence-electron chi connectivity index (χ3n) is 3.33. The van der Waals surface area contributed by atoms with Gasteiger partial charge in [-0.15, -0.1) is 0 Å². The lowest BCUT2D eigenvalue weighted by Crippen LogP contribution is -2.34. The van der Waals surface area contributed by atoms with Crippen LogP contribution < -0.4 is 5.32 Å². The third-order valence-corrected chi connectivity index (χ3v) is 3.33. The lowest BCUT2D eigenvalue weighted by molar-refractivity contribution is -0.143. The molecule has 1 rings (SSSR count). The van der Waals surface area contributed by atoms with Crippen LogP contribution in [-0.2, 0) is 16.0 Å². The zero-order valence-electron chi connectivity index (χ0n) is 13.0. The molecule has 1 aromatic carbocycles. The highest BCUT2D eigenvalue weighted by molar-refractivity contribution is 5.70. The molecule has 0 bridgehead atoms. The van der Waals surface area contributed by atoms with Gasteiger partial charge in [0.15, 0.2) is 0 Å². The summed E-state index contributed by atoms with van der Waals surface area (Å²) in [6.07, 6.45) is 4.49. The van der Waals surface area contributed by atoms with E-state index in [1.54, 1.807) is 12.1 Å². The smallest absolute Gasteiger partial charge is 0.307 e. The predicted molar refractivity (Wildman–Crippen MR) is 82.7 cm³/mol. The average Bonchev–Trinajstić information content (AvgIpc) is 2.46. The van der Waals surface area contributed by atoms with Crippen LogP contribution in [0.5, 0.6) is 0 Å². The van der Waals surface area contributed by atoms with Gasteiger partial charge in [0.25, 0.3) is 0 Å². The molecule has 3 nitrogen and oxygen atoms in total. The summed E-state index contributed by atoms with van der Waals surface area (Å²) in [6, 6.07) is 6.47. The fraction of sp³-hybridized carbons (Fsp3) is 0.588. The van der Waals surface area contributed by atoms with Gasteiger partial charge in [-0.1, -0.05) is 31.9 Å². The molecular formula is C17H26FNO2. The van der Waals surface area contributed by atoms with Crippen LogP contribution in [0.25, 0.3) is 0 Å².